The third-order valence-corrected chi connectivity index (χ3v) is 4.35. The lowest BCUT2D eigenvalue weighted by Gasteiger charge is -2.09. The van der Waals surface area contributed by atoms with Gasteiger partial charge in [-0.1, -0.05) is 0 Å². The lowest BCUT2D eigenvalue weighted by Crippen LogP contribution is -2.05. The molecule has 98 valence electrons. The fraction of sp³-hybridized carbons (Fsp3) is 0.214. The Kier molecular flexibility index (Phi) is 4.83. The molecule has 3 nitrogen and oxygen atoms in total. The van der Waals surface area contributed by atoms with Gasteiger partial charge in [-0.3, -0.25) is 0 Å². The molecule has 2 rings (SSSR count). The predicted molar refractivity (Wildman–Crippen MR) is 81.9 cm³/mol. The van der Waals surface area contributed by atoms with Crippen LogP contribution in [-0.4, -0.2) is 13.7 Å². The number of methoxy groups -OCH3 is 1. The number of nitrogens with one attached hydrogen (secondary N) is 1. The quantitative estimate of drug-likeness (QED) is 0.895. The molecule has 0 aliphatic heterocycles. The van der Waals surface area contributed by atoms with Crippen molar-refractivity contribution in [3.05, 3.63) is 44.6 Å². The fourth-order valence-electron chi connectivity index (χ4n) is 1.70. The van der Waals surface area contributed by atoms with Gasteiger partial charge in [0.25, 0.3) is 0 Å². The minimum absolute atomic E-state index is 0.633. The van der Waals surface area contributed by atoms with Crippen molar-refractivity contribution in [1.29, 1.82) is 5.26 Å². The van der Waals surface area contributed by atoms with Gasteiger partial charge in [0.1, 0.15) is 11.8 Å². The van der Waals surface area contributed by atoms with Crippen molar-refractivity contribution in [3.8, 4) is 11.8 Å². The molecule has 2 aromatic rings. The average Bonchev–Trinajstić information content (AvgIpc) is 2.84. The second-order valence-electron chi connectivity index (χ2n) is 3.91. The van der Waals surface area contributed by atoms with Gasteiger partial charge < -0.3 is 10.1 Å². The van der Waals surface area contributed by atoms with Gasteiger partial charge in [-0.2, -0.15) is 5.26 Å². The standard InChI is InChI=1S/C14H13BrN2OS/c1-18-11-3-2-10(9-16)13(8-11)17-7-6-12-4-5-14(15)19-12/h2-5,8,17H,6-7H2,1H3. The highest BCUT2D eigenvalue weighted by Gasteiger charge is 2.04. The van der Waals surface area contributed by atoms with Gasteiger partial charge in [0, 0.05) is 17.5 Å². The molecule has 1 N–H and O–H groups in total. The lowest BCUT2D eigenvalue weighted by atomic mass is 10.2. The predicted octanol–water partition coefficient (Wildman–Crippen LogP) is 4.05. The number of nitrogens with zero attached hydrogens (tertiary/aromatic N) is 1. The first-order chi connectivity index (χ1) is 9.22. The zero-order valence-corrected chi connectivity index (χ0v) is 12.8. The molecule has 0 aliphatic carbocycles. The van der Waals surface area contributed by atoms with Gasteiger partial charge >= 0.3 is 0 Å². The van der Waals surface area contributed by atoms with Crippen LogP contribution in [0.15, 0.2) is 34.1 Å². The molecule has 1 aromatic heterocycles. The molecule has 0 atom stereocenters. The topological polar surface area (TPSA) is 45.0 Å². The summed E-state index contributed by atoms with van der Waals surface area (Å²) in [4.78, 5) is 1.31. The Labute approximate surface area is 125 Å². The molecule has 19 heavy (non-hydrogen) atoms. The number of hydrogen-bond donors (Lipinski definition) is 1. The van der Waals surface area contributed by atoms with Crippen LogP contribution in [0.1, 0.15) is 10.4 Å². The SMILES string of the molecule is COc1ccc(C#N)c(NCCc2ccc(Br)s2)c1. The number of ether oxygens (including phenoxy) is 1. The monoisotopic (exact) mass is 336 g/mol. The van der Waals surface area contributed by atoms with E-state index in [1.54, 1.807) is 30.6 Å². The Morgan fingerprint density at radius 3 is 2.84 bits per heavy atom. The summed E-state index contributed by atoms with van der Waals surface area (Å²) in [5.41, 5.74) is 1.45. The summed E-state index contributed by atoms with van der Waals surface area (Å²) in [7, 11) is 1.62. The lowest BCUT2D eigenvalue weighted by molar-refractivity contribution is 0.415. The van der Waals surface area contributed by atoms with Crippen LogP contribution in [0.5, 0.6) is 5.75 Å². The van der Waals surface area contributed by atoms with Crippen LogP contribution in [-0.2, 0) is 6.42 Å². The summed E-state index contributed by atoms with van der Waals surface area (Å²) < 4.78 is 6.31. The molecule has 0 fully saturated rings. The van der Waals surface area contributed by atoms with E-state index >= 15 is 0 Å². The van der Waals surface area contributed by atoms with E-state index in [1.165, 1.54) is 4.88 Å². The minimum Gasteiger partial charge on any atom is -0.497 e. The Hall–Kier alpha value is -1.51. The maximum absolute atomic E-state index is 9.07. The zero-order valence-electron chi connectivity index (χ0n) is 10.4. The van der Waals surface area contributed by atoms with E-state index in [-0.39, 0.29) is 0 Å². The van der Waals surface area contributed by atoms with Crippen molar-refractivity contribution < 1.29 is 4.74 Å². The van der Waals surface area contributed by atoms with E-state index in [0.29, 0.717) is 5.56 Å². The molecule has 0 unspecified atom stereocenters. The zero-order chi connectivity index (χ0) is 13.7. The minimum atomic E-state index is 0.633. The molecule has 1 heterocycles. The Bertz CT molecular complexity index is 604. The van der Waals surface area contributed by atoms with Crippen molar-refractivity contribution in [3.63, 3.8) is 0 Å². The Balaban J connectivity index is 2.00. The largest absolute Gasteiger partial charge is 0.497 e. The van der Waals surface area contributed by atoms with Crippen LogP contribution in [0.2, 0.25) is 0 Å². The van der Waals surface area contributed by atoms with Gasteiger partial charge in [0.15, 0.2) is 0 Å². The van der Waals surface area contributed by atoms with Crippen LogP contribution < -0.4 is 10.1 Å². The smallest absolute Gasteiger partial charge is 0.121 e. The Morgan fingerprint density at radius 1 is 1.37 bits per heavy atom. The second-order valence-corrected chi connectivity index (χ2v) is 6.45. The van der Waals surface area contributed by atoms with Crippen LogP contribution >= 0.6 is 27.3 Å². The van der Waals surface area contributed by atoms with Crippen LogP contribution in [0.3, 0.4) is 0 Å². The third-order valence-electron chi connectivity index (χ3n) is 2.66. The number of halogens is 1. The molecule has 0 amide bonds. The molecule has 0 aliphatic rings. The third kappa shape index (κ3) is 3.72. The van der Waals surface area contributed by atoms with Crippen molar-refractivity contribution in [2.45, 2.75) is 6.42 Å². The van der Waals surface area contributed by atoms with E-state index in [1.807, 2.05) is 12.1 Å². The number of benzene rings is 1. The molecular formula is C14H13BrN2OS. The van der Waals surface area contributed by atoms with Gasteiger partial charge in [-0.25, -0.2) is 0 Å². The van der Waals surface area contributed by atoms with Gasteiger partial charge in [-0.15, -0.1) is 11.3 Å². The van der Waals surface area contributed by atoms with Crippen molar-refractivity contribution >= 4 is 33.0 Å². The molecule has 0 spiro atoms. The van der Waals surface area contributed by atoms with Gasteiger partial charge in [-0.05, 0) is 46.6 Å². The number of hydrogen-bond acceptors (Lipinski definition) is 4. The summed E-state index contributed by atoms with van der Waals surface area (Å²) >= 11 is 5.18. The molecular weight excluding hydrogens is 324 g/mol. The van der Waals surface area contributed by atoms with E-state index in [4.69, 9.17) is 10.00 Å². The van der Waals surface area contributed by atoms with Gasteiger partial charge in [0.05, 0.1) is 22.1 Å². The van der Waals surface area contributed by atoms with E-state index in [0.717, 1.165) is 28.2 Å². The van der Waals surface area contributed by atoms with Crippen molar-refractivity contribution in [1.82, 2.24) is 0 Å². The number of thiophene rings is 1. The first-order valence-electron chi connectivity index (χ1n) is 5.79. The number of nitriles is 1. The molecule has 5 heteroatoms. The highest BCUT2D eigenvalue weighted by Crippen LogP contribution is 2.24. The second kappa shape index (κ2) is 6.60. The fourth-order valence-corrected chi connectivity index (χ4v) is 3.18. The van der Waals surface area contributed by atoms with E-state index < -0.39 is 0 Å². The molecule has 0 saturated heterocycles. The summed E-state index contributed by atoms with van der Waals surface area (Å²) in [5, 5.41) is 12.4. The van der Waals surface area contributed by atoms with Crippen LogP contribution in [0.25, 0.3) is 0 Å². The summed E-state index contributed by atoms with van der Waals surface area (Å²) in [6.45, 7) is 0.787. The molecule has 0 saturated carbocycles. The number of rotatable bonds is 5. The Morgan fingerprint density at radius 2 is 2.21 bits per heavy atom. The normalized spacial score (nSPS) is 9.95. The van der Waals surface area contributed by atoms with Gasteiger partial charge in [0.2, 0.25) is 0 Å². The first kappa shape index (κ1) is 13.9. The van der Waals surface area contributed by atoms with Crippen molar-refractivity contribution in [2.24, 2.45) is 0 Å². The maximum atomic E-state index is 9.07. The molecule has 0 radical (unpaired) electrons. The summed E-state index contributed by atoms with van der Waals surface area (Å²) in [6.07, 6.45) is 0.929. The maximum Gasteiger partial charge on any atom is 0.121 e. The van der Waals surface area contributed by atoms with Crippen LogP contribution in [0.4, 0.5) is 5.69 Å². The van der Waals surface area contributed by atoms with E-state index in [2.05, 4.69) is 33.4 Å². The summed E-state index contributed by atoms with van der Waals surface area (Å²) in [6, 6.07) is 11.7. The van der Waals surface area contributed by atoms with Crippen molar-refractivity contribution in [2.75, 3.05) is 19.0 Å². The summed E-state index contributed by atoms with van der Waals surface area (Å²) in [5.74, 6) is 0.750. The van der Waals surface area contributed by atoms with E-state index in [9.17, 15) is 0 Å². The first-order valence-corrected chi connectivity index (χ1v) is 7.40. The van der Waals surface area contributed by atoms with Crippen LogP contribution in [0, 0.1) is 11.3 Å². The highest BCUT2D eigenvalue weighted by atomic mass is 79.9. The molecule has 0 bridgehead atoms. The molecule has 1 aromatic carbocycles. The highest BCUT2D eigenvalue weighted by molar-refractivity contribution is 9.11. The number of anilines is 1. The average molecular weight is 337 g/mol.